The van der Waals surface area contributed by atoms with Crippen LogP contribution in [0.4, 0.5) is 0 Å². The maximum Gasteiger partial charge on any atom is 0.107 e. The highest BCUT2D eigenvalue weighted by atomic mass is 32.4. The van der Waals surface area contributed by atoms with Crippen LogP contribution in [0.25, 0.3) is 0 Å². The van der Waals surface area contributed by atoms with Crippen LogP contribution in [-0.2, 0) is 0 Å². The predicted molar refractivity (Wildman–Crippen MR) is 36.9 cm³/mol. The molecule has 6 heavy (non-hydrogen) atoms. The molecule has 0 rings (SSSR count). The summed E-state index contributed by atoms with van der Waals surface area (Å²) in [6.07, 6.45) is 2.19. The molecule has 0 atom stereocenters. The van der Waals surface area contributed by atoms with Gasteiger partial charge in [-0.3, -0.25) is 0 Å². The topological polar surface area (TPSA) is 0 Å². The van der Waals surface area contributed by atoms with E-state index in [1.807, 2.05) is 11.2 Å². The summed E-state index contributed by atoms with van der Waals surface area (Å²) in [6.45, 7) is 7.03. The van der Waals surface area contributed by atoms with Crippen LogP contribution in [0.15, 0.2) is 0 Å². The van der Waals surface area contributed by atoms with Crippen LogP contribution in [-0.4, -0.2) is 13.5 Å². The lowest BCUT2D eigenvalue weighted by atomic mass is 11.8. The zero-order valence-electron chi connectivity index (χ0n) is 4.91. The highest BCUT2D eigenvalue weighted by Gasteiger charge is 2.08. The van der Waals surface area contributed by atoms with Gasteiger partial charge in [0.25, 0.3) is 0 Å². The Hall–Kier alpha value is 0.567. The minimum Gasteiger partial charge on any atom is -0.189 e. The van der Waals surface area contributed by atoms with Crippen molar-refractivity contribution in [1.82, 2.24) is 0 Å². The van der Waals surface area contributed by atoms with E-state index in [9.17, 15) is 0 Å². The second-order valence-corrected chi connectivity index (χ2v) is 11.8. The lowest BCUT2D eigenvalue weighted by Gasteiger charge is -2.08. The molecule has 0 radical (unpaired) electrons. The molecule has 0 saturated heterocycles. The van der Waals surface area contributed by atoms with Gasteiger partial charge >= 0.3 is 0 Å². The summed E-state index contributed by atoms with van der Waals surface area (Å²) < 4.78 is 0. The average molecular weight is 120 g/mol. The summed E-state index contributed by atoms with van der Waals surface area (Å²) in [4.78, 5) is 0. The highest BCUT2D eigenvalue weighted by molar-refractivity contribution is 8.28. The summed E-state index contributed by atoms with van der Waals surface area (Å²) in [5.74, 6) is 0. The van der Waals surface area contributed by atoms with Gasteiger partial charge in [-0.1, -0.05) is 19.6 Å². The van der Waals surface area contributed by atoms with E-state index >= 15 is 0 Å². The minimum absolute atomic E-state index is 0.715. The largest absolute Gasteiger partial charge is 0.189 e. The van der Waals surface area contributed by atoms with Crippen molar-refractivity contribution in [2.24, 2.45) is 0 Å². The monoisotopic (exact) mass is 120 g/mol. The van der Waals surface area contributed by atoms with Crippen molar-refractivity contribution in [2.45, 2.75) is 19.6 Å². The molecule has 0 bridgehead atoms. The average Bonchev–Trinajstić information content (AvgIpc) is 1.35. The zero-order chi connectivity index (χ0) is 5.21. The number of hydrogen-bond donors (Lipinski definition) is 0. The molecule has 0 N–H and O–H groups in total. The van der Waals surface area contributed by atoms with Gasteiger partial charge in [0, 0.05) is 0 Å². The minimum atomic E-state index is -0.715. The number of rotatable bonds is 1. The molecule has 0 heterocycles. The van der Waals surface area contributed by atoms with Gasteiger partial charge in [-0.15, -0.1) is 0 Å². The van der Waals surface area contributed by atoms with Gasteiger partial charge in [-0.2, -0.15) is 11.2 Å². The third-order valence-electron chi connectivity index (χ3n) is 0.612. The summed E-state index contributed by atoms with van der Waals surface area (Å²) in [7, 11) is -0.715. The van der Waals surface area contributed by atoms with Crippen molar-refractivity contribution in [2.75, 3.05) is 6.26 Å². The van der Waals surface area contributed by atoms with Gasteiger partial charge < -0.3 is 0 Å². The van der Waals surface area contributed by atoms with E-state index in [-0.39, 0.29) is 0 Å². The molecule has 0 aromatic carbocycles. The smallest absolute Gasteiger partial charge is 0.107 e. The van der Waals surface area contributed by atoms with E-state index in [1.165, 1.54) is 0 Å². The Balaban J connectivity index is 3.17. The van der Waals surface area contributed by atoms with Crippen LogP contribution < -0.4 is 0 Å². The first-order chi connectivity index (χ1) is 2.56. The van der Waals surface area contributed by atoms with Gasteiger partial charge in [-0.25, -0.2) is 0 Å². The molecule has 0 aromatic heterocycles. The zero-order valence-corrected chi connectivity index (χ0v) is 6.72. The third-order valence-corrected chi connectivity index (χ3v) is 5.51. The summed E-state index contributed by atoms with van der Waals surface area (Å²) in [5.41, 5.74) is 0. The quantitative estimate of drug-likeness (QED) is 0.478. The Labute approximate surface area is 45.0 Å². The SMILES string of the molecule is CS[Si](C)(C)C. The van der Waals surface area contributed by atoms with E-state index in [0.717, 1.165) is 0 Å². The van der Waals surface area contributed by atoms with E-state index in [2.05, 4.69) is 25.9 Å². The Morgan fingerprint density at radius 2 is 1.33 bits per heavy atom. The first-order valence-electron chi connectivity index (χ1n) is 2.11. The highest BCUT2D eigenvalue weighted by Crippen LogP contribution is 2.13. The van der Waals surface area contributed by atoms with Crippen molar-refractivity contribution in [3.63, 3.8) is 0 Å². The molecule has 0 aliphatic heterocycles. The molecular formula is C4H12SSi. The van der Waals surface area contributed by atoms with Crippen LogP contribution in [0.3, 0.4) is 0 Å². The molecular weight excluding hydrogens is 108 g/mol. The molecule has 0 nitrogen and oxygen atoms in total. The molecule has 0 spiro atoms. The summed E-state index contributed by atoms with van der Waals surface area (Å²) in [5, 5.41) is 0. The van der Waals surface area contributed by atoms with E-state index in [1.54, 1.807) is 0 Å². The van der Waals surface area contributed by atoms with Gasteiger partial charge in [-0.05, 0) is 6.26 Å². The molecule has 0 unspecified atom stereocenters. The first-order valence-corrected chi connectivity index (χ1v) is 7.56. The van der Waals surface area contributed by atoms with Crippen LogP contribution in [0.1, 0.15) is 0 Å². The molecule has 0 aliphatic rings. The van der Waals surface area contributed by atoms with E-state index in [0.29, 0.717) is 0 Å². The summed E-state index contributed by atoms with van der Waals surface area (Å²) in [6, 6.07) is 0. The maximum absolute atomic E-state index is 2.34. The van der Waals surface area contributed by atoms with E-state index < -0.39 is 7.22 Å². The van der Waals surface area contributed by atoms with Crippen LogP contribution in [0.5, 0.6) is 0 Å². The fraction of sp³-hybridized carbons (Fsp3) is 1.00. The van der Waals surface area contributed by atoms with Crippen molar-refractivity contribution in [3.05, 3.63) is 0 Å². The van der Waals surface area contributed by atoms with E-state index in [4.69, 9.17) is 0 Å². The third kappa shape index (κ3) is 4.57. The van der Waals surface area contributed by atoms with Crippen molar-refractivity contribution < 1.29 is 0 Å². The first kappa shape index (κ1) is 6.57. The Morgan fingerprint density at radius 1 is 1.17 bits per heavy atom. The standard InChI is InChI=1S/C4H12SSi/c1-5-6(2,3)4/h1-4H3. The molecule has 38 valence electrons. The molecule has 0 amide bonds. The lowest BCUT2D eigenvalue weighted by Crippen LogP contribution is -2.11. The van der Waals surface area contributed by atoms with Crippen LogP contribution in [0, 0.1) is 0 Å². The van der Waals surface area contributed by atoms with Crippen LogP contribution >= 0.6 is 11.2 Å². The van der Waals surface area contributed by atoms with Crippen molar-refractivity contribution >= 4 is 18.4 Å². The lowest BCUT2D eigenvalue weighted by molar-refractivity contribution is 1.88. The van der Waals surface area contributed by atoms with Crippen molar-refractivity contribution in [3.8, 4) is 0 Å². The predicted octanol–water partition coefficient (Wildman–Crippen LogP) is 2.18. The fourth-order valence-electron chi connectivity index (χ4n) is 0. The van der Waals surface area contributed by atoms with Gasteiger partial charge in [0.1, 0.15) is 7.22 Å². The summed E-state index contributed by atoms with van der Waals surface area (Å²) >= 11 is 2.02. The molecule has 2 heteroatoms. The molecule has 0 saturated carbocycles. The Morgan fingerprint density at radius 3 is 1.33 bits per heavy atom. The molecule has 0 aliphatic carbocycles. The normalized spacial score (nSPS) is 12.0. The Kier molecular flexibility index (Phi) is 2.22. The Bertz CT molecular complexity index is 37.3. The van der Waals surface area contributed by atoms with Crippen molar-refractivity contribution in [1.29, 1.82) is 0 Å². The number of hydrogen-bond acceptors (Lipinski definition) is 1. The second-order valence-electron chi connectivity index (χ2n) is 2.32. The maximum atomic E-state index is 2.34. The second kappa shape index (κ2) is 2.03. The van der Waals surface area contributed by atoms with Gasteiger partial charge in [0.05, 0.1) is 0 Å². The van der Waals surface area contributed by atoms with Crippen LogP contribution in [0.2, 0.25) is 19.6 Å². The fourth-order valence-corrected chi connectivity index (χ4v) is 0. The molecule has 0 aromatic rings. The van der Waals surface area contributed by atoms with Gasteiger partial charge in [0.15, 0.2) is 0 Å². The van der Waals surface area contributed by atoms with Gasteiger partial charge in [0.2, 0.25) is 0 Å². The molecule has 0 fully saturated rings.